The van der Waals surface area contributed by atoms with Gasteiger partial charge in [0.25, 0.3) is 0 Å². The lowest BCUT2D eigenvalue weighted by molar-refractivity contribution is -0.138. The summed E-state index contributed by atoms with van der Waals surface area (Å²) >= 11 is 0. The van der Waals surface area contributed by atoms with Gasteiger partial charge in [-0.3, -0.25) is 4.79 Å². The average Bonchev–Trinajstić information content (AvgIpc) is 1.98. The Morgan fingerprint density at radius 2 is 2.00 bits per heavy atom. The second-order valence-electron chi connectivity index (χ2n) is 5.71. The highest BCUT2D eigenvalue weighted by Gasteiger charge is 2.38. The second kappa shape index (κ2) is 4.52. The number of rotatable bonds is 3. The van der Waals surface area contributed by atoms with Crippen LogP contribution in [-0.2, 0) is 4.79 Å². The van der Waals surface area contributed by atoms with Crippen LogP contribution in [0.4, 0.5) is 0 Å². The van der Waals surface area contributed by atoms with Crippen LogP contribution >= 0.6 is 0 Å². The predicted molar refractivity (Wildman–Crippen MR) is 58.5 cm³/mol. The molecule has 0 spiro atoms. The molecule has 1 rings (SSSR count). The van der Waals surface area contributed by atoms with Gasteiger partial charge in [-0.25, -0.2) is 0 Å². The molecule has 0 radical (unpaired) electrons. The van der Waals surface area contributed by atoms with Crippen molar-refractivity contribution < 1.29 is 15.0 Å². The van der Waals surface area contributed by atoms with Crippen LogP contribution < -0.4 is 0 Å². The monoisotopic (exact) mass is 214 g/mol. The van der Waals surface area contributed by atoms with Crippen molar-refractivity contribution >= 4 is 5.97 Å². The van der Waals surface area contributed by atoms with Gasteiger partial charge in [0.15, 0.2) is 0 Å². The highest BCUT2D eigenvalue weighted by atomic mass is 16.4. The standard InChI is InChI=1S/C12H22O3/c1-8-6-12(2,3)7-10(13)9(8)4-5-11(14)15/h8-10,13H,4-7H2,1-3H3,(H,14,15). The summed E-state index contributed by atoms with van der Waals surface area (Å²) in [5.74, 6) is -0.184. The number of hydrogen-bond donors (Lipinski definition) is 2. The van der Waals surface area contributed by atoms with Gasteiger partial charge < -0.3 is 10.2 Å². The summed E-state index contributed by atoms with van der Waals surface area (Å²) in [5.41, 5.74) is 0.193. The van der Waals surface area contributed by atoms with E-state index in [0.29, 0.717) is 12.3 Å². The molecule has 0 aliphatic heterocycles. The topological polar surface area (TPSA) is 57.5 Å². The molecule has 0 aromatic rings. The van der Waals surface area contributed by atoms with Crippen LogP contribution in [0.1, 0.15) is 46.5 Å². The molecule has 3 atom stereocenters. The van der Waals surface area contributed by atoms with E-state index in [9.17, 15) is 9.90 Å². The minimum absolute atomic E-state index is 0.161. The molecular formula is C12H22O3. The lowest BCUT2D eigenvalue weighted by Gasteiger charge is -2.42. The number of aliphatic hydroxyl groups excluding tert-OH is 1. The van der Waals surface area contributed by atoms with Gasteiger partial charge in [-0.15, -0.1) is 0 Å². The van der Waals surface area contributed by atoms with Gasteiger partial charge >= 0.3 is 5.97 Å². The van der Waals surface area contributed by atoms with Crippen molar-refractivity contribution in [1.29, 1.82) is 0 Å². The van der Waals surface area contributed by atoms with Crippen LogP contribution in [0.15, 0.2) is 0 Å². The first-order valence-corrected chi connectivity index (χ1v) is 5.72. The zero-order valence-corrected chi connectivity index (χ0v) is 9.86. The Kier molecular flexibility index (Phi) is 3.77. The maximum Gasteiger partial charge on any atom is 0.303 e. The Hall–Kier alpha value is -0.570. The van der Waals surface area contributed by atoms with E-state index in [-0.39, 0.29) is 23.9 Å². The number of aliphatic carboxylic acids is 1. The van der Waals surface area contributed by atoms with Crippen LogP contribution in [0, 0.1) is 17.3 Å². The van der Waals surface area contributed by atoms with E-state index in [0.717, 1.165) is 12.8 Å². The molecule has 3 unspecified atom stereocenters. The fraction of sp³-hybridized carbons (Fsp3) is 0.917. The van der Waals surface area contributed by atoms with Crippen LogP contribution in [0.5, 0.6) is 0 Å². The second-order valence-corrected chi connectivity index (χ2v) is 5.71. The Balaban J connectivity index is 2.54. The third kappa shape index (κ3) is 3.49. The Labute approximate surface area is 91.5 Å². The van der Waals surface area contributed by atoms with Crippen LogP contribution in [-0.4, -0.2) is 22.3 Å². The highest BCUT2D eigenvalue weighted by molar-refractivity contribution is 5.66. The first kappa shape index (κ1) is 12.5. The average molecular weight is 214 g/mol. The number of hydrogen-bond acceptors (Lipinski definition) is 2. The Morgan fingerprint density at radius 3 is 2.47 bits per heavy atom. The van der Waals surface area contributed by atoms with Gasteiger partial charge in [-0.2, -0.15) is 0 Å². The molecule has 0 bridgehead atoms. The van der Waals surface area contributed by atoms with Crippen molar-refractivity contribution in [3.63, 3.8) is 0 Å². The normalized spacial score (nSPS) is 35.1. The van der Waals surface area contributed by atoms with Crippen molar-refractivity contribution in [2.75, 3.05) is 0 Å². The summed E-state index contributed by atoms with van der Waals surface area (Å²) < 4.78 is 0. The molecule has 1 aliphatic rings. The van der Waals surface area contributed by atoms with E-state index in [1.165, 1.54) is 0 Å². The van der Waals surface area contributed by atoms with E-state index < -0.39 is 5.97 Å². The predicted octanol–water partition coefficient (Wildman–Crippen LogP) is 2.28. The number of carbonyl (C=O) groups is 1. The fourth-order valence-corrected chi connectivity index (χ4v) is 2.97. The van der Waals surface area contributed by atoms with Crippen LogP contribution in [0.3, 0.4) is 0 Å². The zero-order chi connectivity index (χ0) is 11.6. The van der Waals surface area contributed by atoms with Crippen molar-refractivity contribution in [3.8, 4) is 0 Å². The Bertz CT molecular complexity index is 221. The molecule has 3 heteroatoms. The van der Waals surface area contributed by atoms with Gasteiger partial charge in [0.2, 0.25) is 0 Å². The quantitative estimate of drug-likeness (QED) is 0.757. The molecule has 1 saturated carbocycles. The summed E-state index contributed by atoms with van der Waals surface area (Å²) in [5, 5.41) is 18.6. The maximum atomic E-state index is 10.5. The van der Waals surface area contributed by atoms with Crippen LogP contribution in [0.25, 0.3) is 0 Å². The first-order chi connectivity index (χ1) is 6.82. The minimum Gasteiger partial charge on any atom is -0.481 e. The minimum atomic E-state index is -0.765. The van der Waals surface area contributed by atoms with Crippen molar-refractivity contribution in [1.82, 2.24) is 0 Å². The lowest BCUT2D eigenvalue weighted by atomic mass is 9.65. The van der Waals surface area contributed by atoms with Gasteiger partial charge in [0.1, 0.15) is 0 Å². The molecule has 15 heavy (non-hydrogen) atoms. The molecule has 0 amide bonds. The van der Waals surface area contributed by atoms with E-state index >= 15 is 0 Å². The SMILES string of the molecule is CC1CC(C)(C)CC(O)C1CCC(=O)O. The van der Waals surface area contributed by atoms with Gasteiger partial charge in [0.05, 0.1) is 6.10 Å². The van der Waals surface area contributed by atoms with Crippen molar-refractivity contribution in [2.24, 2.45) is 17.3 Å². The van der Waals surface area contributed by atoms with Crippen molar-refractivity contribution in [2.45, 2.75) is 52.6 Å². The maximum absolute atomic E-state index is 10.5. The summed E-state index contributed by atoms with van der Waals surface area (Å²) in [6, 6.07) is 0. The summed E-state index contributed by atoms with van der Waals surface area (Å²) in [6.07, 6.45) is 2.32. The molecule has 0 aromatic carbocycles. The summed E-state index contributed by atoms with van der Waals surface area (Å²) in [7, 11) is 0. The highest BCUT2D eigenvalue weighted by Crippen LogP contribution is 2.43. The van der Waals surface area contributed by atoms with Gasteiger partial charge in [-0.05, 0) is 36.5 Å². The third-order valence-electron chi connectivity index (χ3n) is 3.55. The Morgan fingerprint density at radius 1 is 1.40 bits per heavy atom. The van der Waals surface area contributed by atoms with Crippen LogP contribution in [0.2, 0.25) is 0 Å². The number of carboxylic acid groups (broad SMARTS) is 1. The summed E-state index contributed by atoms with van der Waals surface area (Å²) in [4.78, 5) is 10.5. The van der Waals surface area contributed by atoms with Gasteiger partial charge in [0, 0.05) is 6.42 Å². The van der Waals surface area contributed by atoms with E-state index in [1.54, 1.807) is 0 Å². The van der Waals surface area contributed by atoms with Gasteiger partial charge in [-0.1, -0.05) is 20.8 Å². The molecule has 0 heterocycles. The lowest BCUT2D eigenvalue weighted by Crippen LogP contribution is -2.39. The fourth-order valence-electron chi connectivity index (χ4n) is 2.97. The molecule has 1 aliphatic carbocycles. The first-order valence-electron chi connectivity index (χ1n) is 5.72. The van der Waals surface area contributed by atoms with E-state index in [1.807, 2.05) is 0 Å². The molecule has 1 fully saturated rings. The van der Waals surface area contributed by atoms with E-state index in [2.05, 4.69) is 20.8 Å². The number of carboxylic acids is 1. The van der Waals surface area contributed by atoms with E-state index in [4.69, 9.17) is 5.11 Å². The smallest absolute Gasteiger partial charge is 0.303 e. The molecule has 88 valence electrons. The largest absolute Gasteiger partial charge is 0.481 e. The van der Waals surface area contributed by atoms with Crippen molar-refractivity contribution in [3.05, 3.63) is 0 Å². The third-order valence-corrected chi connectivity index (χ3v) is 3.55. The number of aliphatic hydroxyl groups is 1. The molecule has 2 N–H and O–H groups in total. The molecule has 0 saturated heterocycles. The summed E-state index contributed by atoms with van der Waals surface area (Å²) in [6.45, 7) is 6.46. The zero-order valence-electron chi connectivity index (χ0n) is 9.86. The molecular weight excluding hydrogens is 192 g/mol. The molecule has 0 aromatic heterocycles. The molecule has 3 nitrogen and oxygen atoms in total.